The Morgan fingerprint density at radius 3 is 2.70 bits per heavy atom. The second kappa shape index (κ2) is 4.81. The molecule has 2 aromatic rings. The minimum Gasteiger partial charge on any atom is -0.427 e. The Morgan fingerprint density at radius 1 is 1.15 bits per heavy atom. The number of hydrogen-bond donors (Lipinski definition) is 0. The summed E-state index contributed by atoms with van der Waals surface area (Å²) in [6.45, 7) is 1.89. The number of carbonyl (C=O) groups is 2. The van der Waals surface area contributed by atoms with Crippen molar-refractivity contribution in [2.24, 2.45) is 0 Å². The van der Waals surface area contributed by atoms with Crippen molar-refractivity contribution in [3.63, 3.8) is 0 Å². The first-order chi connectivity index (χ1) is 9.65. The van der Waals surface area contributed by atoms with Crippen molar-refractivity contribution in [3.8, 4) is 5.75 Å². The molecule has 1 amide bonds. The molecule has 4 heteroatoms. The summed E-state index contributed by atoms with van der Waals surface area (Å²) < 4.78 is 5.05. The number of hydrogen-bond acceptors (Lipinski definition) is 3. The van der Waals surface area contributed by atoms with Crippen molar-refractivity contribution in [3.05, 3.63) is 59.7 Å². The van der Waals surface area contributed by atoms with E-state index in [0.717, 1.165) is 16.8 Å². The molecule has 2 aromatic carbocycles. The molecule has 20 heavy (non-hydrogen) atoms. The number of ether oxygens (including phenoxy) is 1. The zero-order chi connectivity index (χ0) is 14.1. The first kappa shape index (κ1) is 12.4. The Kier molecular flexibility index (Phi) is 2.99. The van der Waals surface area contributed by atoms with Gasteiger partial charge in [0.1, 0.15) is 5.75 Å². The van der Waals surface area contributed by atoms with E-state index >= 15 is 0 Å². The van der Waals surface area contributed by atoms with E-state index in [1.165, 1.54) is 6.92 Å². The van der Waals surface area contributed by atoms with Crippen LogP contribution in [0.1, 0.15) is 22.8 Å². The van der Waals surface area contributed by atoms with Crippen LogP contribution in [0.5, 0.6) is 5.75 Å². The maximum atomic E-state index is 12.3. The molecule has 0 aromatic heterocycles. The van der Waals surface area contributed by atoms with Gasteiger partial charge in [0.2, 0.25) is 0 Å². The molecule has 0 radical (unpaired) electrons. The van der Waals surface area contributed by atoms with Gasteiger partial charge in [-0.3, -0.25) is 9.59 Å². The second-order valence-electron chi connectivity index (χ2n) is 4.64. The van der Waals surface area contributed by atoms with Crippen molar-refractivity contribution in [2.75, 3.05) is 4.90 Å². The van der Waals surface area contributed by atoms with E-state index in [9.17, 15) is 9.59 Å². The number of benzene rings is 2. The normalized spacial score (nSPS) is 13.2. The molecule has 100 valence electrons. The molecule has 4 nitrogen and oxygen atoms in total. The number of amides is 1. The van der Waals surface area contributed by atoms with Crippen molar-refractivity contribution < 1.29 is 14.3 Å². The van der Waals surface area contributed by atoms with Gasteiger partial charge in [-0.05, 0) is 23.8 Å². The fraction of sp³-hybridized carbons (Fsp3) is 0.125. The lowest BCUT2D eigenvalue weighted by atomic mass is 10.1. The molecule has 0 aliphatic carbocycles. The third kappa shape index (κ3) is 2.16. The Morgan fingerprint density at radius 2 is 1.95 bits per heavy atom. The van der Waals surface area contributed by atoms with Crippen LogP contribution in [0.25, 0.3) is 0 Å². The van der Waals surface area contributed by atoms with Crippen LogP contribution in [0.4, 0.5) is 5.69 Å². The molecule has 1 heterocycles. The topological polar surface area (TPSA) is 46.6 Å². The van der Waals surface area contributed by atoms with E-state index in [2.05, 4.69) is 0 Å². The Bertz CT molecular complexity index is 694. The minimum atomic E-state index is -0.377. The third-order valence-corrected chi connectivity index (χ3v) is 3.21. The predicted molar refractivity (Wildman–Crippen MR) is 74.7 cm³/mol. The molecule has 1 aliphatic heterocycles. The summed E-state index contributed by atoms with van der Waals surface area (Å²) in [5, 5.41) is 0. The smallest absolute Gasteiger partial charge is 0.308 e. The van der Waals surface area contributed by atoms with Gasteiger partial charge in [-0.1, -0.05) is 24.3 Å². The van der Waals surface area contributed by atoms with Crippen molar-refractivity contribution in [1.29, 1.82) is 0 Å². The summed E-state index contributed by atoms with van der Waals surface area (Å²) in [6, 6.07) is 14.5. The van der Waals surface area contributed by atoms with E-state index in [4.69, 9.17) is 4.74 Å². The average molecular weight is 267 g/mol. The van der Waals surface area contributed by atoms with Gasteiger partial charge in [-0.25, -0.2) is 0 Å². The molecule has 0 spiro atoms. The first-order valence-corrected chi connectivity index (χ1v) is 6.33. The van der Waals surface area contributed by atoms with Gasteiger partial charge in [0, 0.05) is 24.2 Å². The number of esters is 1. The van der Waals surface area contributed by atoms with Crippen LogP contribution in [0.3, 0.4) is 0 Å². The zero-order valence-electron chi connectivity index (χ0n) is 11.0. The average Bonchev–Trinajstić information content (AvgIpc) is 2.76. The summed E-state index contributed by atoms with van der Waals surface area (Å²) >= 11 is 0. The highest BCUT2D eigenvalue weighted by Gasteiger charge is 2.28. The van der Waals surface area contributed by atoms with Crippen molar-refractivity contribution in [2.45, 2.75) is 13.5 Å². The zero-order valence-corrected chi connectivity index (χ0v) is 11.0. The summed E-state index contributed by atoms with van der Waals surface area (Å²) in [6.07, 6.45) is 0. The van der Waals surface area contributed by atoms with Crippen LogP contribution in [0.15, 0.2) is 48.5 Å². The van der Waals surface area contributed by atoms with Gasteiger partial charge in [0.25, 0.3) is 5.91 Å². The van der Waals surface area contributed by atoms with Gasteiger partial charge in [0.15, 0.2) is 0 Å². The van der Waals surface area contributed by atoms with Crippen molar-refractivity contribution in [1.82, 2.24) is 0 Å². The van der Waals surface area contributed by atoms with Crippen LogP contribution in [0.2, 0.25) is 0 Å². The highest BCUT2D eigenvalue weighted by molar-refractivity contribution is 6.10. The maximum absolute atomic E-state index is 12.3. The van der Waals surface area contributed by atoms with Gasteiger partial charge in [-0.2, -0.15) is 0 Å². The van der Waals surface area contributed by atoms with E-state index in [1.54, 1.807) is 23.1 Å². The molecule has 0 atom stereocenters. The molecule has 0 saturated heterocycles. The fourth-order valence-corrected chi connectivity index (χ4v) is 2.34. The van der Waals surface area contributed by atoms with Gasteiger partial charge < -0.3 is 9.64 Å². The summed E-state index contributed by atoms with van der Waals surface area (Å²) in [7, 11) is 0. The molecule has 3 rings (SSSR count). The quantitative estimate of drug-likeness (QED) is 0.621. The SMILES string of the molecule is CC(=O)Oc1cccc(N2Cc3ccccc3C2=O)c1. The standard InChI is InChI=1S/C16H13NO3/c1-11(18)20-14-7-4-6-13(9-14)17-10-12-5-2-3-8-15(12)16(17)19/h2-9H,10H2,1H3. The Balaban J connectivity index is 1.92. The maximum Gasteiger partial charge on any atom is 0.308 e. The molecule has 0 bridgehead atoms. The fourth-order valence-electron chi connectivity index (χ4n) is 2.34. The lowest BCUT2D eigenvalue weighted by Gasteiger charge is -2.16. The van der Waals surface area contributed by atoms with Crippen LogP contribution in [-0.2, 0) is 11.3 Å². The van der Waals surface area contributed by atoms with Crippen LogP contribution >= 0.6 is 0 Å². The number of fused-ring (bicyclic) bond motifs is 1. The highest BCUT2D eigenvalue weighted by Crippen LogP contribution is 2.30. The lowest BCUT2D eigenvalue weighted by molar-refractivity contribution is -0.131. The third-order valence-electron chi connectivity index (χ3n) is 3.21. The monoisotopic (exact) mass is 267 g/mol. The van der Waals surface area contributed by atoms with Crippen LogP contribution < -0.4 is 9.64 Å². The summed E-state index contributed by atoms with van der Waals surface area (Å²) in [4.78, 5) is 25.0. The highest BCUT2D eigenvalue weighted by atomic mass is 16.5. The molecular weight excluding hydrogens is 254 g/mol. The lowest BCUT2D eigenvalue weighted by Crippen LogP contribution is -2.22. The molecular formula is C16H13NO3. The Hall–Kier alpha value is -2.62. The van der Waals surface area contributed by atoms with Gasteiger partial charge >= 0.3 is 5.97 Å². The van der Waals surface area contributed by atoms with E-state index in [1.807, 2.05) is 30.3 Å². The summed E-state index contributed by atoms with van der Waals surface area (Å²) in [5.41, 5.74) is 2.46. The van der Waals surface area contributed by atoms with Gasteiger partial charge in [-0.15, -0.1) is 0 Å². The molecule has 0 fully saturated rings. The van der Waals surface area contributed by atoms with Crippen molar-refractivity contribution >= 4 is 17.6 Å². The number of carbonyl (C=O) groups excluding carboxylic acids is 2. The molecule has 0 saturated carbocycles. The number of nitrogens with zero attached hydrogens (tertiary/aromatic N) is 1. The van der Waals surface area contributed by atoms with E-state index in [-0.39, 0.29) is 11.9 Å². The van der Waals surface area contributed by atoms with Crippen LogP contribution in [0, 0.1) is 0 Å². The molecule has 1 aliphatic rings. The van der Waals surface area contributed by atoms with E-state index < -0.39 is 0 Å². The number of anilines is 1. The largest absolute Gasteiger partial charge is 0.427 e. The molecule has 0 N–H and O–H groups in total. The first-order valence-electron chi connectivity index (χ1n) is 6.33. The number of rotatable bonds is 2. The second-order valence-corrected chi connectivity index (χ2v) is 4.64. The van der Waals surface area contributed by atoms with E-state index in [0.29, 0.717) is 12.3 Å². The van der Waals surface area contributed by atoms with Crippen LogP contribution in [-0.4, -0.2) is 11.9 Å². The minimum absolute atomic E-state index is 0.0272. The molecule has 0 unspecified atom stereocenters. The van der Waals surface area contributed by atoms with Gasteiger partial charge in [0.05, 0.1) is 6.54 Å². The predicted octanol–water partition coefficient (Wildman–Crippen LogP) is 2.77. The Labute approximate surface area is 116 Å². The summed E-state index contributed by atoms with van der Waals surface area (Å²) in [5.74, 6) is 0.0394.